The van der Waals surface area contributed by atoms with Crippen molar-refractivity contribution in [3.63, 3.8) is 0 Å². The molecule has 5 nitrogen and oxygen atoms in total. The van der Waals surface area contributed by atoms with Gasteiger partial charge in [-0.15, -0.1) is 0 Å². The van der Waals surface area contributed by atoms with Gasteiger partial charge in [0.15, 0.2) is 6.10 Å². The molecule has 0 N–H and O–H groups in total. The molecule has 0 aromatic heterocycles. The van der Waals surface area contributed by atoms with Crippen LogP contribution in [0, 0.1) is 12.8 Å². The van der Waals surface area contributed by atoms with Crippen LogP contribution in [-0.4, -0.2) is 36.3 Å². The van der Waals surface area contributed by atoms with Gasteiger partial charge < -0.3 is 14.5 Å². The van der Waals surface area contributed by atoms with Crippen molar-refractivity contribution < 1.29 is 14.4 Å². The monoisotopic (exact) mass is 392 g/mol. The van der Waals surface area contributed by atoms with Crippen molar-refractivity contribution in [3.05, 3.63) is 65.2 Å². The zero-order chi connectivity index (χ0) is 20.2. The summed E-state index contributed by atoms with van der Waals surface area (Å²) < 4.78 is 5.34. The molecule has 2 aliphatic rings. The zero-order valence-corrected chi connectivity index (χ0v) is 17.1. The molecule has 1 aliphatic heterocycles. The molecule has 0 saturated heterocycles. The molecule has 2 aromatic rings. The van der Waals surface area contributed by atoms with Gasteiger partial charge in [-0.3, -0.25) is 4.79 Å². The fraction of sp³-hybridized carbons (Fsp3) is 0.417. The smallest absolute Gasteiger partial charge is 0.226 e. The molecule has 1 heterocycles. The maximum Gasteiger partial charge on any atom is 0.226 e. The number of oxime groups is 1. The number of rotatable bonds is 7. The molecule has 1 saturated carbocycles. The Morgan fingerprint density at radius 1 is 1.21 bits per heavy atom. The first-order valence-electron chi connectivity index (χ1n) is 10.3. The lowest BCUT2D eigenvalue weighted by molar-refractivity contribution is -0.140. The Bertz CT molecular complexity index is 887. The molecule has 1 fully saturated rings. The Labute approximate surface area is 172 Å². The summed E-state index contributed by atoms with van der Waals surface area (Å²) in [5.74, 6) is 1.19. The summed E-state index contributed by atoms with van der Waals surface area (Å²) in [6.45, 7) is 3.18. The van der Waals surface area contributed by atoms with Gasteiger partial charge in [0.25, 0.3) is 0 Å². The average Bonchev–Trinajstić information content (AvgIpc) is 3.15. The van der Waals surface area contributed by atoms with Gasteiger partial charge in [0.1, 0.15) is 5.75 Å². The number of aryl methyl sites for hydroxylation is 1. The SMILES string of the molecule is COc1cccc(CN(C[C@@H]2CC(c3ccc(C)cc3)=NO2)C(=O)C2CCC2)c1. The Kier molecular flexibility index (Phi) is 5.84. The van der Waals surface area contributed by atoms with E-state index in [1.165, 1.54) is 5.56 Å². The molecule has 0 radical (unpaired) electrons. The Balaban J connectivity index is 1.44. The van der Waals surface area contributed by atoms with Crippen molar-refractivity contribution in [1.82, 2.24) is 4.90 Å². The van der Waals surface area contributed by atoms with Gasteiger partial charge in [-0.1, -0.05) is 53.5 Å². The minimum atomic E-state index is -0.110. The highest BCUT2D eigenvalue weighted by Crippen LogP contribution is 2.30. The fourth-order valence-electron chi connectivity index (χ4n) is 3.83. The first kappa shape index (κ1) is 19.5. The van der Waals surface area contributed by atoms with E-state index in [4.69, 9.17) is 9.57 Å². The van der Waals surface area contributed by atoms with E-state index in [0.717, 1.165) is 48.3 Å². The molecular formula is C24H28N2O3. The lowest BCUT2D eigenvalue weighted by atomic mass is 9.84. The summed E-state index contributed by atoms with van der Waals surface area (Å²) in [5, 5.41) is 4.30. The number of methoxy groups -OCH3 is 1. The van der Waals surface area contributed by atoms with Gasteiger partial charge in [0, 0.05) is 18.9 Å². The van der Waals surface area contributed by atoms with E-state index >= 15 is 0 Å². The number of benzene rings is 2. The highest BCUT2D eigenvalue weighted by Gasteiger charge is 2.33. The minimum absolute atomic E-state index is 0.110. The highest BCUT2D eigenvalue weighted by atomic mass is 16.6. The molecule has 0 spiro atoms. The molecule has 4 rings (SSSR count). The molecule has 2 aromatic carbocycles. The van der Waals surface area contributed by atoms with Gasteiger partial charge in [0.2, 0.25) is 5.91 Å². The van der Waals surface area contributed by atoms with Gasteiger partial charge in [-0.2, -0.15) is 0 Å². The van der Waals surface area contributed by atoms with Crippen LogP contribution in [0.1, 0.15) is 42.4 Å². The van der Waals surface area contributed by atoms with Crippen LogP contribution < -0.4 is 4.74 Å². The number of amides is 1. The molecule has 5 heteroatoms. The normalized spacial score (nSPS) is 18.6. The summed E-state index contributed by atoms with van der Waals surface area (Å²) in [5.41, 5.74) is 4.32. The predicted molar refractivity (Wildman–Crippen MR) is 113 cm³/mol. The number of hydrogen-bond donors (Lipinski definition) is 0. The second-order valence-electron chi connectivity index (χ2n) is 8.03. The van der Waals surface area contributed by atoms with Gasteiger partial charge >= 0.3 is 0 Å². The van der Waals surface area contributed by atoms with Gasteiger partial charge in [-0.05, 0) is 43.0 Å². The molecular weight excluding hydrogens is 364 g/mol. The summed E-state index contributed by atoms with van der Waals surface area (Å²) in [4.78, 5) is 20.7. The lowest BCUT2D eigenvalue weighted by Crippen LogP contribution is -2.42. The van der Waals surface area contributed by atoms with Crippen LogP contribution in [0.5, 0.6) is 5.75 Å². The van der Waals surface area contributed by atoms with Crippen LogP contribution in [0.15, 0.2) is 53.7 Å². The van der Waals surface area contributed by atoms with Crippen molar-refractivity contribution in [3.8, 4) is 5.75 Å². The minimum Gasteiger partial charge on any atom is -0.497 e. The van der Waals surface area contributed by atoms with Crippen LogP contribution in [0.2, 0.25) is 0 Å². The molecule has 1 aliphatic carbocycles. The number of hydrogen-bond acceptors (Lipinski definition) is 4. The van der Waals surface area contributed by atoms with Crippen molar-refractivity contribution in [2.45, 2.75) is 45.3 Å². The standard InChI is InChI=1S/C24H28N2O3/c1-17-9-11-19(12-10-17)23-14-22(29-25-23)16-26(24(27)20-6-4-7-20)15-18-5-3-8-21(13-18)28-2/h3,5,8-13,20,22H,4,6-7,14-16H2,1-2H3/t22-/m0/s1. The number of ether oxygens (including phenoxy) is 1. The van der Waals surface area contributed by atoms with E-state index in [9.17, 15) is 4.79 Å². The zero-order valence-electron chi connectivity index (χ0n) is 17.1. The summed E-state index contributed by atoms with van der Waals surface area (Å²) in [7, 11) is 1.66. The molecule has 1 atom stereocenters. The number of carbonyl (C=O) groups is 1. The Morgan fingerprint density at radius 2 is 2.00 bits per heavy atom. The summed E-state index contributed by atoms with van der Waals surface area (Å²) >= 11 is 0. The second kappa shape index (κ2) is 8.68. The largest absolute Gasteiger partial charge is 0.497 e. The Morgan fingerprint density at radius 3 is 2.69 bits per heavy atom. The number of nitrogens with zero attached hydrogens (tertiary/aromatic N) is 2. The predicted octanol–water partition coefficient (Wildman–Crippen LogP) is 4.33. The quantitative estimate of drug-likeness (QED) is 0.705. The van der Waals surface area contributed by atoms with E-state index in [-0.39, 0.29) is 17.9 Å². The van der Waals surface area contributed by atoms with E-state index in [0.29, 0.717) is 13.1 Å². The van der Waals surface area contributed by atoms with Crippen molar-refractivity contribution in [2.24, 2.45) is 11.1 Å². The fourth-order valence-corrected chi connectivity index (χ4v) is 3.83. The van der Waals surface area contributed by atoms with Crippen LogP contribution in [0.25, 0.3) is 0 Å². The third-order valence-corrected chi connectivity index (χ3v) is 5.82. The van der Waals surface area contributed by atoms with Crippen LogP contribution in [0.4, 0.5) is 0 Å². The van der Waals surface area contributed by atoms with Crippen LogP contribution >= 0.6 is 0 Å². The average molecular weight is 392 g/mol. The van der Waals surface area contributed by atoms with Crippen LogP contribution in [-0.2, 0) is 16.2 Å². The van der Waals surface area contributed by atoms with E-state index in [1.54, 1.807) is 7.11 Å². The van der Waals surface area contributed by atoms with Crippen molar-refractivity contribution in [1.29, 1.82) is 0 Å². The maximum absolute atomic E-state index is 13.1. The highest BCUT2D eigenvalue weighted by molar-refractivity contribution is 6.01. The topological polar surface area (TPSA) is 51.1 Å². The number of carbonyl (C=O) groups excluding carboxylic acids is 1. The van der Waals surface area contributed by atoms with Crippen molar-refractivity contribution in [2.75, 3.05) is 13.7 Å². The van der Waals surface area contributed by atoms with Gasteiger partial charge in [0.05, 0.1) is 19.4 Å². The second-order valence-corrected chi connectivity index (χ2v) is 8.03. The molecule has 0 unspecified atom stereocenters. The third-order valence-electron chi connectivity index (χ3n) is 5.82. The van der Waals surface area contributed by atoms with E-state index in [1.807, 2.05) is 29.2 Å². The van der Waals surface area contributed by atoms with Crippen LogP contribution in [0.3, 0.4) is 0 Å². The third kappa shape index (κ3) is 4.61. The van der Waals surface area contributed by atoms with Gasteiger partial charge in [-0.25, -0.2) is 0 Å². The van der Waals surface area contributed by atoms with Crippen molar-refractivity contribution >= 4 is 11.6 Å². The first-order valence-corrected chi connectivity index (χ1v) is 10.3. The maximum atomic E-state index is 13.1. The first-order chi connectivity index (χ1) is 14.1. The van der Waals surface area contributed by atoms with E-state index < -0.39 is 0 Å². The molecule has 1 amide bonds. The summed E-state index contributed by atoms with van der Waals surface area (Å²) in [6.07, 6.45) is 3.73. The lowest BCUT2D eigenvalue weighted by Gasteiger charge is -2.32. The van der Waals surface area contributed by atoms with E-state index in [2.05, 4.69) is 36.3 Å². The Hall–Kier alpha value is -2.82. The molecule has 29 heavy (non-hydrogen) atoms. The summed E-state index contributed by atoms with van der Waals surface area (Å²) in [6, 6.07) is 16.2. The molecule has 152 valence electrons. The molecule has 0 bridgehead atoms.